The molecular weight excluding hydrogens is 300 g/mol. The summed E-state index contributed by atoms with van der Waals surface area (Å²) in [6, 6.07) is 15.0. The molecule has 0 fully saturated rings. The van der Waals surface area contributed by atoms with Crippen molar-refractivity contribution in [1.82, 2.24) is 0 Å². The van der Waals surface area contributed by atoms with E-state index in [1.54, 1.807) is 6.07 Å². The Bertz CT molecular complexity index is 550. The molecule has 0 heterocycles. The van der Waals surface area contributed by atoms with Gasteiger partial charge in [0.1, 0.15) is 5.84 Å². The summed E-state index contributed by atoms with van der Waals surface area (Å²) in [5.41, 5.74) is 7.46. The molecule has 0 aliphatic heterocycles. The monoisotopic (exact) mass is 308 g/mol. The highest BCUT2D eigenvalue weighted by atomic mass is 79.9. The minimum Gasteiger partial charge on any atom is -0.383 e. The maximum Gasteiger partial charge on any atom is 0.132 e. The van der Waals surface area contributed by atoms with Crippen LogP contribution < -0.4 is 5.73 Å². The van der Waals surface area contributed by atoms with Gasteiger partial charge in [-0.05, 0) is 36.4 Å². The standard InChI is InChI=1S/C13H10BrClN2/c14-9-5-7-10(8-6-9)17-13(16)11-3-1-2-4-12(11)15/h1-8H,(H2,16,17). The van der Waals surface area contributed by atoms with E-state index in [4.69, 9.17) is 17.3 Å². The third kappa shape index (κ3) is 3.08. The Kier molecular flexibility index (Phi) is 3.82. The summed E-state index contributed by atoms with van der Waals surface area (Å²) < 4.78 is 1.01. The smallest absolute Gasteiger partial charge is 0.132 e. The first-order valence-corrected chi connectivity index (χ1v) is 6.18. The number of amidine groups is 1. The van der Waals surface area contributed by atoms with Gasteiger partial charge in [0.25, 0.3) is 0 Å². The van der Waals surface area contributed by atoms with Crippen LogP contribution in [0.1, 0.15) is 5.56 Å². The first-order valence-electron chi connectivity index (χ1n) is 5.01. The van der Waals surface area contributed by atoms with E-state index in [0.717, 1.165) is 15.7 Å². The second kappa shape index (κ2) is 5.34. The van der Waals surface area contributed by atoms with Crippen LogP contribution in [-0.4, -0.2) is 5.84 Å². The lowest BCUT2D eigenvalue weighted by molar-refractivity contribution is 1.44. The van der Waals surface area contributed by atoms with Crippen LogP contribution in [0.5, 0.6) is 0 Å². The van der Waals surface area contributed by atoms with Gasteiger partial charge in [-0.3, -0.25) is 0 Å². The van der Waals surface area contributed by atoms with Crippen LogP contribution in [0.2, 0.25) is 5.02 Å². The number of hydrogen-bond donors (Lipinski definition) is 1. The fraction of sp³-hybridized carbons (Fsp3) is 0. The molecule has 0 spiro atoms. The Hall–Kier alpha value is -1.32. The maximum absolute atomic E-state index is 6.04. The Morgan fingerprint density at radius 1 is 1.06 bits per heavy atom. The van der Waals surface area contributed by atoms with Crippen molar-refractivity contribution in [1.29, 1.82) is 0 Å². The van der Waals surface area contributed by atoms with Crippen LogP contribution in [0.3, 0.4) is 0 Å². The van der Waals surface area contributed by atoms with Gasteiger partial charge in [0.15, 0.2) is 0 Å². The highest BCUT2D eigenvalue weighted by Crippen LogP contribution is 2.19. The molecule has 0 saturated heterocycles. The van der Waals surface area contributed by atoms with Crippen LogP contribution in [0, 0.1) is 0 Å². The molecule has 2 aromatic rings. The summed E-state index contributed by atoms with van der Waals surface area (Å²) in [5, 5.41) is 0.603. The zero-order chi connectivity index (χ0) is 12.3. The number of rotatable bonds is 2. The molecule has 0 aromatic heterocycles. The van der Waals surface area contributed by atoms with Gasteiger partial charge in [-0.15, -0.1) is 0 Å². The van der Waals surface area contributed by atoms with E-state index in [-0.39, 0.29) is 0 Å². The summed E-state index contributed by atoms with van der Waals surface area (Å²) in [7, 11) is 0. The SMILES string of the molecule is NC(=Nc1ccc(Br)cc1)c1ccccc1Cl. The first kappa shape index (κ1) is 12.1. The van der Waals surface area contributed by atoms with Crippen molar-refractivity contribution in [2.45, 2.75) is 0 Å². The van der Waals surface area contributed by atoms with Crippen LogP contribution in [-0.2, 0) is 0 Å². The van der Waals surface area contributed by atoms with Crippen molar-refractivity contribution < 1.29 is 0 Å². The third-order valence-corrected chi connectivity index (χ3v) is 3.08. The molecular formula is C13H10BrClN2. The summed E-state index contributed by atoms with van der Waals surface area (Å²) >= 11 is 9.41. The molecule has 0 amide bonds. The lowest BCUT2D eigenvalue weighted by Crippen LogP contribution is -2.13. The number of halogens is 2. The van der Waals surface area contributed by atoms with Gasteiger partial charge in [0.2, 0.25) is 0 Å². The molecule has 0 radical (unpaired) electrons. The van der Waals surface area contributed by atoms with Gasteiger partial charge in [0, 0.05) is 10.0 Å². The third-order valence-electron chi connectivity index (χ3n) is 2.23. The zero-order valence-electron chi connectivity index (χ0n) is 8.90. The van der Waals surface area contributed by atoms with Crippen molar-refractivity contribution in [3.05, 3.63) is 63.6 Å². The predicted molar refractivity (Wildman–Crippen MR) is 76.0 cm³/mol. The van der Waals surface area contributed by atoms with E-state index in [1.807, 2.05) is 42.5 Å². The van der Waals surface area contributed by atoms with Crippen LogP contribution >= 0.6 is 27.5 Å². The summed E-state index contributed by atoms with van der Waals surface area (Å²) in [5.74, 6) is 0.415. The highest BCUT2D eigenvalue weighted by Gasteiger charge is 2.03. The summed E-state index contributed by atoms with van der Waals surface area (Å²) in [6.07, 6.45) is 0. The Balaban J connectivity index is 2.34. The van der Waals surface area contributed by atoms with Gasteiger partial charge in [-0.1, -0.05) is 39.7 Å². The molecule has 2 aromatic carbocycles. The number of benzene rings is 2. The molecule has 2 N–H and O–H groups in total. The molecule has 0 atom stereocenters. The lowest BCUT2D eigenvalue weighted by atomic mass is 10.2. The molecule has 0 aliphatic carbocycles. The van der Waals surface area contributed by atoms with E-state index in [2.05, 4.69) is 20.9 Å². The quantitative estimate of drug-likeness (QED) is 0.657. The van der Waals surface area contributed by atoms with Gasteiger partial charge < -0.3 is 5.73 Å². The minimum absolute atomic E-state index is 0.415. The number of nitrogens with zero attached hydrogens (tertiary/aromatic N) is 1. The Labute approximate surface area is 113 Å². The molecule has 0 unspecified atom stereocenters. The van der Waals surface area contributed by atoms with E-state index < -0.39 is 0 Å². The molecule has 0 saturated carbocycles. The molecule has 0 aliphatic rings. The van der Waals surface area contributed by atoms with Crippen molar-refractivity contribution in [3.63, 3.8) is 0 Å². The summed E-state index contributed by atoms with van der Waals surface area (Å²) in [4.78, 5) is 4.32. The Morgan fingerprint density at radius 3 is 2.35 bits per heavy atom. The second-order valence-corrected chi connectivity index (χ2v) is 4.78. The average Bonchev–Trinajstić information content (AvgIpc) is 2.32. The van der Waals surface area contributed by atoms with Crippen LogP contribution in [0.25, 0.3) is 0 Å². The van der Waals surface area contributed by atoms with Crippen LogP contribution in [0.4, 0.5) is 5.69 Å². The fourth-order valence-electron chi connectivity index (χ4n) is 1.38. The van der Waals surface area contributed by atoms with Crippen molar-refractivity contribution in [3.8, 4) is 0 Å². The van der Waals surface area contributed by atoms with Gasteiger partial charge >= 0.3 is 0 Å². The van der Waals surface area contributed by atoms with Gasteiger partial charge in [0.05, 0.1) is 10.7 Å². The van der Waals surface area contributed by atoms with Gasteiger partial charge in [-0.2, -0.15) is 0 Å². The van der Waals surface area contributed by atoms with E-state index in [0.29, 0.717) is 10.9 Å². The lowest BCUT2D eigenvalue weighted by Gasteiger charge is -2.03. The molecule has 0 bridgehead atoms. The topological polar surface area (TPSA) is 38.4 Å². The fourth-order valence-corrected chi connectivity index (χ4v) is 1.88. The van der Waals surface area contributed by atoms with Crippen molar-refractivity contribution >= 4 is 39.1 Å². The predicted octanol–water partition coefficient (Wildman–Crippen LogP) is 4.14. The average molecular weight is 310 g/mol. The number of hydrogen-bond acceptors (Lipinski definition) is 1. The molecule has 2 nitrogen and oxygen atoms in total. The van der Waals surface area contributed by atoms with Crippen molar-refractivity contribution in [2.75, 3.05) is 0 Å². The second-order valence-electron chi connectivity index (χ2n) is 3.45. The van der Waals surface area contributed by atoms with E-state index >= 15 is 0 Å². The first-order chi connectivity index (χ1) is 8.16. The number of aliphatic imine (C=N–C) groups is 1. The Morgan fingerprint density at radius 2 is 1.71 bits per heavy atom. The summed E-state index contributed by atoms with van der Waals surface area (Å²) in [6.45, 7) is 0. The number of nitrogens with two attached hydrogens (primary N) is 1. The maximum atomic E-state index is 6.04. The molecule has 17 heavy (non-hydrogen) atoms. The van der Waals surface area contributed by atoms with E-state index in [9.17, 15) is 0 Å². The largest absolute Gasteiger partial charge is 0.383 e. The molecule has 86 valence electrons. The zero-order valence-corrected chi connectivity index (χ0v) is 11.2. The highest BCUT2D eigenvalue weighted by molar-refractivity contribution is 9.10. The molecule has 2 rings (SSSR count). The van der Waals surface area contributed by atoms with Crippen molar-refractivity contribution in [2.24, 2.45) is 10.7 Å². The molecule has 4 heteroatoms. The van der Waals surface area contributed by atoms with Crippen LogP contribution in [0.15, 0.2) is 58.0 Å². The van der Waals surface area contributed by atoms with E-state index in [1.165, 1.54) is 0 Å². The minimum atomic E-state index is 0.415. The normalized spacial score (nSPS) is 11.5. The van der Waals surface area contributed by atoms with Gasteiger partial charge in [-0.25, -0.2) is 4.99 Å².